The van der Waals surface area contributed by atoms with Crippen molar-refractivity contribution in [2.75, 3.05) is 6.61 Å². The van der Waals surface area contributed by atoms with E-state index >= 15 is 0 Å². The largest absolute Gasteiger partial charge is 0.454 e. The molecule has 0 amide bonds. The van der Waals surface area contributed by atoms with Crippen LogP contribution >= 0.6 is 15.9 Å². The summed E-state index contributed by atoms with van der Waals surface area (Å²) in [6.45, 7) is 0.841. The van der Waals surface area contributed by atoms with Crippen molar-refractivity contribution in [2.24, 2.45) is 0 Å². The molecule has 0 saturated heterocycles. The molecule has 2 aromatic rings. The van der Waals surface area contributed by atoms with E-state index in [1.54, 1.807) is 36.4 Å². The number of halogens is 1. The molecule has 0 spiro atoms. The molecule has 0 unspecified atom stereocenters. The number of hydrogen-bond acceptors (Lipinski definition) is 5. The number of esters is 2. The maximum Gasteiger partial charge on any atom is 0.342 e. The predicted octanol–water partition coefficient (Wildman–Crippen LogP) is 3.41. The molecule has 0 fully saturated rings. The molecule has 118 valence electrons. The molecule has 0 aliphatic heterocycles. The Morgan fingerprint density at radius 1 is 1.00 bits per heavy atom. The van der Waals surface area contributed by atoms with E-state index in [9.17, 15) is 14.4 Å². The van der Waals surface area contributed by atoms with Gasteiger partial charge in [0.15, 0.2) is 12.4 Å². The number of para-hydroxylation sites is 1. The SMILES string of the molecule is CC(=O)Oc1ccccc1C(=O)OCC(=O)c1ccc(Br)cc1. The topological polar surface area (TPSA) is 69.7 Å². The summed E-state index contributed by atoms with van der Waals surface area (Å²) >= 11 is 3.28. The summed E-state index contributed by atoms with van der Waals surface area (Å²) in [7, 11) is 0. The second-order valence-electron chi connectivity index (χ2n) is 4.60. The summed E-state index contributed by atoms with van der Waals surface area (Å²) in [6, 6.07) is 12.9. The molecule has 2 rings (SSSR count). The number of carbonyl (C=O) groups excluding carboxylic acids is 3. The first-order valence-corrected chi connectivity index (χ1v) is 7.50. The van der Waals surface area contributed by atoms with E-state index in [0.29, 0.717) is 5.56 Å². The van der Waals surface area contributed by atoms with Gasteiger partial charge in [-0.2, -0.15) is 0 Å². The Morgan fingerprint density at radius 3 is 2.30 bits per heavy atom. The monoisotopic (exact) mass is 376 g/mol. The lowest BCUT2D eigenvalue weighted by molar-refractivity contribution is -0.131. The zero-order chi connectivity index (χ0) is 16.8. The zero-order valence-corrected chi connectivity index (χ0v) is 13.8. The number of ketones is 1. The van der Waals surface area contributed by atoms with Gasteiger partial charge >= 0.3 is 11.9 Å². The number of ether oxygens (including phenoxy) is 2. The van der Waals surface area contributed by atoms with Crippen LogP contribution in [0.3, 0.4) is 0 Å². The second kappa shape index (κ2) is 7.69. The minimum Gasteiger partial charge on any atom is -0.454 e. The average molecular weight is 377 g/mol. The first-order valence-electron chi connectivity index (χ1n) is 6.70. The van der Waals surface area contributed by atoms with Gasteiger partial charge in [0.05, 0.1) is 0 Å². The van der Waals surface area contributed by atoms with Crippen LogP contribution < -0.4 is 4.74 Å². The van der Waals surface area contributed by atoms with Crippen molar-refractivity contribution in [2.45, 2.75) is 6.92 Å². The van der Waals surface area contributed by atoms with Crippen LogP contribution in [0.2, 0.25) is 0 Å². The highest BCUT2D eigenvalue weighted by Gasteiger charge is 2.16. The van der Waals surface area contributed by atoms with Gasteiger partial charge in [0.25, 0.3) is 0 Å². The molecule has 6 heteroatoms. The van der Waals surface area contributed by atoms with Crippen LogP contribution in [0.15, 0.2) is 53.0 Å². The Balaban J connectivity index is 2.03. The Bertz CT molecular complexity index is 737. The smallest absolute Gasteiger partial charge is 0.342 e. The lowest BCUT2D eigenvalue weighted by Crippen LogP contribution is -2.15. The van der Waals surface area contributed by atoms with Crippen molar-refractivity contribution < 1.29 is 23.9 Å². The van der Waals surface area contributed by atoms with Gasteiger partial charge < -0.3 is 9.47 Å². The molecule has 0 heterocycles. The molecule has 0 atom stereocenters. The lowest BCUT2D eigenvalue weighted by Gasteiger charge is -2.08. The van der Waals surface area contributed by atoms with Gasteiger partial charge in [0.1, 0.15) is 11.3 Å². The molecule has 0 bridgehead atoms. The van der Waals surface area contributed by atoms with E-state index in [4.69, 9.17) is 9.47 Å². The Labute approximate surface area is 141 Å². The first kappa shape index (κ1) is 16.9. The standard InChI is InChI=1S/C17H13BrO5/c1-11(19)23-16-5-3-2-4-14(16)17(21)22-10-15(20)12-6-8-13(18)9-7-12/h2-9H,10H2,1H3. The lowest BCUT2D eigenvalue weighted by atomic mass is 10.1. The van der Waals surface area contributed by atoms with Gasteiger partial charge in [0.2, 0.25) is 0 Å². The summed E-state index contributed by atoms with van der Waals surface area (Å²) < 4.78 is 10.8. The minimum atomic E-state index is -0.729. The second-order valence-corrected chi connectivity index (χ2v) is 5.51. The maximum absolute atomic E-state index is 12.1. The molecule has 2 aromatic carbocycles. The van der Waals surface area contributed by atoms with E-state index in [1.165, 1.54) is 19.1 Å². The highest BCUT2D eigenvalue weighted by molar-refractivity contribution is 9.10. The number of carbonyl (C=O) groups is 3. The van der Waals surface area contributed by atoms with Crippen LogP contribution in [0.4, 0.5) is 0 Å². The van der Waals surface area contributed by atoms with E-state index in [2.05, 4.69) is 15.9 Å². The highest BCUT2D eigenvalue weighted by Crippen LogP contribution is 2.19. The third-order valence-electron chi connectivity index (χ3n) is 2.86. The summed E-state index contributed by atoms with van der Waals surface area (Å²) in [5.41, 5.74) is 0.528. The number of Topliss-reactive ketones (excluding diaryl/α,β-unsaturated/α-hetero) is 1. The van der Waals surface area contributed by atoms with Crippen LogP contribution in [0, 0.1) is 0 Å². The van der Waals surface area contributed by atoms with Crippen molar-refractivity contribution in [3.63, 3.8) is 0 Å². The van der Waals surface area contributed by atoms with Crippen LogP contribution in [0.1, 0.15) is 27.6 Å². The quantitative estimate of drug-likeness (QED) is 0.454. The summed E-state index contributed by atoms with van der Waals surface area (Å²) in [5.74, 6) is -1.50. The third-order valence-corrected chi connectivity index (χ3v) is 3.39. The maximum atomic E-state index is 12.1. The van der Waals surface area contributed by atoms with Gasteiger partial charge in [-0.25, -0.2) is 4.79 Å². The fraction of sp³-hybridized carbons (Fsp3) is 0.118. The summed E-state index contributed by atoms with van der Waals surface area (Å²) in [5, 5.41) is 0. The first-order chi connectivity index (χ1) is 11.0. The van der Waals surface area contributed by atoms with Gasteiger partial charge in [-0.15, -0.1) is 0 Å². The Kier molecular flexibility index (Phi) is 5.65. The number of benzene rings is 2. The number of rotatable bonds is 5. The van der Waals surface area contributed by atoms with Gasteiger partial charge in [-0.1, -0.05) is 40.2 Å². The van der Waals surface area contributed by atoms with Crippen molar-refractivity contribution >= 4 is 33.7 Å². The summed E-state index contributed by atoms with van der Waals surface area (Å²) in [4.78, 5) is 35.1. The van der Waals surface area contributed by atoms with Crippen LogP contribution in [-0.2, 0) is 9.53 Å². The molecule has 0 aromatic heterocycles. The normalized spacial score (nSPS) is 10.0. The van der Waals surface area contributed by atoms with Crippen molar-refractivity contribution in [3.8, 4) is 5.75 Å². The fourth-order valence-corrected chi connectivity index (χ4v) is 2.07. The van der Waals surface area contributed by atoms with Crippen molar-refractivity contribution in [3.05, 3.63) is 64.1 Å². The van der Waals surface area contributed by atoms with Crippen molar-refractivity contribution in [1.29, 1.82) is 0 Å². The molecule has 0 saturated carbocycles. The molecule has 0 aliphatic rings. The van der Waals surface area contributed by atoms with E-state index in [0.717, 1.165) is 4.47 Å². The molecule has 23 heavy (non-hydrogen) atoms. The van der Waals surface area contributed by atoms with Crippen molar-refractivity contribution in [1.82, 2.24) is 0 Å². The molecule has 0 radical (unpaired) electrons. The average Bonchev–Trinajstić information content (AvgIpc) is 2.53. The van der Waals surface area contributed by atoms with Crippen LogP contribution in [0.25, 0.3) is 0 Å². The van der Waals surface area contributed by atoms with Crippen LogP contribution in [-0.4, -0.2) is 24.3 Å². The van der Waals surface area contributed by atoms with E-state index in [-0.39, 0.29) is 17.1 Å². The zero-order valence-electron chi connectivity index (χ0n) is 12.2. The Morgan fingerprint density at radius 2 is 1.65 bits per heavy atom. The predicted molar refractivity (Wildman–Crippen MR) is 86.5 cm³/mol. The van der Waals surface area contributed by atoms with E-state index in [1.807, 2.05) is 0 Å². The molecular formula is C17H13BrO5. The van der Waals surface area contributed by atoms with Gasteiger partial charge in [0, 0.05) is 17.0 Å². The fourth-order valence-electron chi connectivity index (χ4n) is 1.81. The molecular weight excluding hydrogens is 364 g/mol. The summed E-state index contributed by atoms with van der Waals surface area (Å²) in [6.07, 6.45) is 0. The molecule has 0 aliphatic carbocycles. The van der Waals surface area contributed by atoms with E-state index < -0.39 is 18.5 Å². The molecule has 5 nitrogen and oxygen atoms in total. The molecule has 0 N–H and O–H groups in total. The van der Waals surface area contributed by atoms with Gasteiger partial charge in [-0.05, 0) is 24.3 Å². The van der Waals surface area contributed by atoms with Gasteiger partial charge in [-0.3, -0.25) is 9.59 Å². The Hall–Kier alpha value is -2.47. The highest BCUT2D eigenvalue weighted by atomic mass is 79.9. The third kappa shape index (κ3) is 4.75. The minimum absolute atomic E-state index is 0.0892. The number of hydrogen-bond donors (Lipinski definition) is 0. The van der Waals surface area contributed by atoms with Crippen LogP contribution in [0.5, 0.6) is 5.75 Å².